The van der Waals surface area contributed by atoms with Crippen LogP contribution in [0.25, 0.3) is 17.2 Å². The predicted molar refractivity (Wildman–Crippen MR) is 122 cm³/mol. The molecule has 3 aromatic carbocycles. The molecule has 2 N–H and O–H groups in total. The second kappa shape index (κ2) is 9.35. The minimum atomic E-state index is -1.24. The number of carboxylic acid groups (broad SMARTS) is 1. The third kappa shape index (κ3) is 4.59. The summed E-state index contributed by atoms with van der Waals surface area (Å²) in [5.41, 5.74) is 4.25. The summed E-state index contributed by atoms with van der Waals surface area (Å²) in [6.07, 6.45) is 2.38. The van der Waals surface area contributed by atoms with Crippen molar-refractivity contribution in [1.82, 2.24) is 5.32 Å². The van der Waals surface area contributed by atoms with Gasteiger partial charge in [-0.25, -0.2) is 9.59 Å². The van der Waals surface area contributed by atoms with Crippen LogP contribution >= 0.6 is 0 Å². The van der Waals surface area contributed by atoms with Gasteiger partial charge in [0.15, 0.2) is 0 Å². The molecule has 0 aromatic heterocycles. The Hall–Kier alpha value is -4.46. The lowest BCUT2D eigenvalue weighted by Crippen LogP contribution is -2.26. The zero-order valence-corrected chi connectivity index (χ0v) is 17.4. The van der Waals surface area contributed by atoms with E-state index in [-0.39, 0.29) is 35.9 Å². The number of hydrogen-bond acceptors (Lipinski definition) is 5. The molecule has 0 saturated heterocycles. The Morgan fingerprint density at radius 1 is 1.03 bits per heavy atom. The average Bonchev–Trinajstić information content (AvgIpc) is 3.14. The quantitative estimate of drug-likeness (QED) is 0.397. The van der Waals surface area contributed by atoms with Crippen LogP contribution in [0.1, 0.15) is 33.0 Å². The van der Waals surface area contributed by atoms with E-state index in [0.717, 1.165) is 28.3 Å². The van der Waals surface area contributed by atoms with E-state index in [1.54, 1.807) is 0 Å². The Kier molecular flexibility index (Phi) is 6.17. The normalized spacial score (nSPS) is 12.2. The van der Waals surface area contributed by atoms with Gasteiger partial charge in [-0.15, -0.1) is 0 Å². The number of carbonyl (C=O) groups excluding carboxylic acids is 1. The molecule has 1 aliphatic rings. The van der Waals surface area contributed by atoms with Crippen molar-refractivity contribution in [2.75, 3.05) is 13.2 Å². The number of fused-ring (bicyclic) bond motifs is 3. The van der Waals surface area contributed by atoms with Gasteiger partial charge in [0, 0.05) is 18.5 Å². The monoisotopic (exact) mass is 444 g/mol. The van der Waals surface area contributed by atoms with E-state index in [4.69, 9.17) is 9.84 Å². The van der Waals surface area contributed by atoms with Crippen molar-refractivity contribution in [3.05, 3.63) is 105 Å². The van der Waals surface area contributed by atoms with Crippen molar-refractivity contribution in [3.63, 3.8) is 0 Å². The van der Waals surface area contributed by atoms with Crippen molar-refractivity contribution in [2.24, 2.45) is 0 Å². The highest BCUT2D eigenvalue weighted by Gasteiger charge is 2.28. The van der Waals surface area contributed by atoms with E-state index in [1.165, 1.54) is 24.3 Å². The first kappa shape index (κ1) is 21.8. The molecule has 8 heteroatoms. The van der Waals surface area contributed by atoms with Crippen molar-refractivity contribution in [1.29, 1.82) is 0 Å². The fraction of sp³-hybridized carbons (Fsp3) is 0.120. The number of carbonyl (C=O) groups is 2. The summed E-state index contributed by atoms with van der Waals surface area (Å²) in [5.74, 6) is -1.29. The molecule has 33 heavy (non-hydrogen) atoms. The molecular weight excluding hydrogens is 424 g/mol. The van der Waals surface area contributed by atoms with Gasteiger partial charge in [0.25, 0.3) is 5.69 Å². The summed E-state index contributed by atoms with van der Waals surface area (Å²) >= 11 is 0. The van der Waals surface area contributed by atoms with Crippen molar-refractivity contribution in [2.45, 2.75) is 5.92 Å². The Balaban J connectivity index is 1.35. The molecule has 0 aliphatic heterocycles. The molecule has 0 unspecified atom stereocenters. The first-order valence-electron chi connectivity index (χ1n) is 10.2. The fourth-order valence-corrected chi connectivity index (χ4v) is 3.95. The third-order valence-electron chi connectivity index (χ3n) is 5.48. The molecule has 0 bridgehead atoms. The summed E-state index contributed by atoms with van der Waals surface area (Å²) in [4.78, 5) is 33.8. The first-order valence-corrected chi connectivity index (χ1v) is 10.2. The molecule has 0 saturated carbocycles. The molecule has 1 amide bonds. The number of hydrogen-bond donors (Lipinski definition) is 2. The summed E-state index contributed by atoms with van der Waals surface area (Å²) < 4.78 is 5.44. The van der Waals surface area contributed by atoms with Gasteiger partial charge in [-0.1, -0.05) is 60.7 Å². The molecule has 3 aromatic rings. The topological polar surface area (TPSA) is 119 Å². The van der Waals surface area contributed by atoms with Crippen LogP contribution in [0.5, 0.6) is 0 Å². The molecule has 0 heterocycles. The molecule has 1 aliphatic carbocycles. The van der Waals surface area contributed by atoms with Gasteiger partial charge in [-0.3, -0.25) is 10.1 Å². The minimum absolute atomic E-state index is 0.0471. The van der Waals surface area contributed by atoms with Gasteiger partial charge >= 0.3 is 12.1 Å². The van der Waals surface area contributed by atoms with E-state index in [1.807, 2.05) is 36.4 Å². The third-order valence-corrected chi connectivity index (χ3v) is 5.48. The lowest BCUT2D eigenvalue weighted by Gasteiger charge is -2.14. The summed E-state index contributed by atoms with van der Waals surface area (Å²) in [5, 5.41) is 22.8. The van der Waals surface area contributed by atoms with E-state index >= 15 is 0 Å². The van der Waals surface area contributed by atoms with Gasteiger partial charge in [0.05, 0.1) is 16.1 Å². The number of benzene rings is 3. The molecule has 0 spiro atoms. The highest BCUT2D eigenvalue weighted by molar-refractivity contribution is 5.89. The van der Waals surface area contributed by atoms with Gasteiger partial charge in [-0.05, 0) is 34.4 Å². The predicted octanol–water partition coefficient (Wildman–Crippen LogP) is 4.84. The largest absolute Gasteiger partial charge is 0.478 e. The number of rotatable bonds is 7. The van der Waals surface area contributed by atoms with Crippen LogP contribution < -0.4 is 5.32 Å². The maximum Gasteiger partial charge on any atom is 0.407 e. The fourth-order valence-electron chi connectivity index (χ4n) is 3.95. The Morgan fingerprint density at radius 2 is 1.67 bits per heavy atom. The summed E-state index contributed by atoms with van der Waals surface area (Å²) in [6, 6.07) is 19.7. The lowest BCUT2D eigenvalue weighted by molar-refractivity contribution is -0.385. The number of alkyl carbamates (subject to hydrolysis) is 1. The maximum absolute atomic E-state index is 12.2. The van der Waals surface area contributed by atoms with Crippen molar-refractivity contribution >= 4 is 23.8 Å². The zero-order chi connectivity index (χ0) is 23.4. The molecular formula is C25H20N2O6. The smallest absolute Gasteiger partial charge is 0.407 e. The Morgan fingerprint density at radius 3 is 2.27 bits per heavy atom. The number of nitrogens with one attached hydrogen (secondary N) is 1. The first-order chi connectivity index (χ1) is 16.0. The van der Waals surface area contributed by atoms with Crippen LogP contribution in [-0.2, 0) is 4.74 Å². The number of nitro benzene ring substituents is 1. The van der Waals surface area contributed by atoms with Crippen molar-refractivity contribution in [3.8, 4) is 11.1 Å². The standard InChI is InChI=1S/C25H20N2O6/c28-24(29)17-12-11-16(23(14-17)27(31)32)6-5-13-26-25(30)33-15-22-20-9-3-1-7-18(20)19-8-2-4-10-21(19)22/h1-12,14,22H,13,15H2,(H,26,30)(H,28,29). The Bertz CT molecular complexity index is 1220. The maximum atomic E-state index is 12.2. The van der Waals surface area contributed by atoms with Crippen LogP contribution in [0.2, 0.25) is 0 Å². The molecule has 8 nitrogen and oxygen atoms in total. The summed E-state index contributed by atoms with van der Waals surface area (Å²) in [6.45, 7) is 0.278. The second-order valence-corrected chi connectivity index (χ2v) is 7.44. The zero-order valence-electron chi connectivity index (χ0n) is 17.4. The molecule has 0 fully saturated rings. The average molecular weight is 444 g/mol. The van der Waals surface area contributed by atoms with Crippen LogP contribution in [0.3, 0.4) is 0 Å². The minimum Gasteiger partial charge on any atom is -0.478 e. The summed E-state index contributed by atoms with van der Waals surface area (Å²) in [7, 11) is 0. The van der Waals surface area contributed by atoms with Crippen LogP contribution in [0.4, 0.5) is 10.5 Å². The molecule has 4 rings (SSSR count). The number of nitrogens with zero attached hydrogens (tertiary/aromatic N) is 1. The molecule has 0 radical (unpaired) electrons. The number of carboxylic acids is 1. The van der Waals surface area contributed by atoms with Gasteiger partial charge in [0.2, 0.25) is 0 Å². The number of ether oxygens (including phenoxy) is 1. The van der Waals surface area contributed by atoms with Gasteiger partial charge in [0.1, 0.15) is 6.61 Å². The highest BCUT2D eigenvalue weighted by Crippen LogP contribution is 2.44. The van der Waals surface area contributed by atoms with Crippen LogP contribution in [-0.4, -0.2) is 35.2 Å². The number of aromatic carboxylic acids is 1. The SMILES string of the molecule is O=C(NCC=Cc1ccc(C(=O)O)cc1[N+](=O)[O-])OCC1c2ccccc2-c2ccccc21. The Labute approximate surface area is 189 Å². The number of nitro groups is 1. The van der Waals surface area contributed by atoms with E-state index in [0.29, 0.717) is 0 Å². The van der Waals surface area contributed by atoms with E-state index in [2.05, 4.69) is 17.4 Å². The van der Waals surface area contributed by atoms with Crippen LogP contribution in [0.15, 0.2) is 72.8 Å². The molecule has 0 atom stereocenters. The lowest BCUT2D eigenvalue weighted by atomic mass is 9.98. The van der Waals surface area contributed by atoms with Crippen molar-refractivity contribution < 1.29 is 24.4 Å². The number of amides is 1. The van der Waals surface area contributed by atoms with Crippen LogP contribution in [0, 0.1) is 10.1 Å². The van der Waals surface area contributed by atoms with Gasteiger partial charge in [-0.2, -0.15) is 0 Å². The van der Waals surface area contributed by atoms with Gasteiger partial charge < -0.3 is 15.2 Å². The molecule has 166 valence electrons. The second-order valence-electron chi connectivity index (χ2n) is 7.44. The highest BCUT2D eigenvalue weighted by atomic mass is 16.6. The van der Waals surface area contributed by atoms with E-state index in [9.17, 15) is 19.7 Å². The van der Waals surface area contributed by atoms with E-state index < -0.39 is 17.0 Å².